The van der Waals surface area contributed by atoms with Gasteiger partial charge in [0.25, 0.3) is 0 Å². The van der Waals surface area contributed by atoms with Crippen molar-refractivity contribution in [1.29, 1.82) is 0 Å². The van der Waals surface area contributed by atoms with E-state index in [-0.39, 0.29) is 12.1 Å². The average molecular weight is 334 g/mol. The Morgan fingerprint density at radius 3 is 2.91 bits per heavy atom. The molecule has 0 spiro atoms. The van der Waals surface area contributed by atoms with E-state index in [9.17, 15) is 4.79 Å². The van der Waals surface area contributed by atoms with E-state index in [1.807, 2.05) is 19.1 Å². The van der Waals surface area contributed by atoms with Crippen molar-refractivity contribution in [3.05, 3.63) is 40.9 Å². The summed E-state index contributed by atoms with van der Waals surface area (Å²) in [6.45, 7) is 2.82. The zero-order valence-corrected chi connectivity index (χ0v) is 13.8. The minimum Gasteiger partial charge on any atom is -0.328 e. The molecule has 0 fully saturated rings. The van der Waals surface area contributed by atoms with E-state index in [0.29, 0.717) is 10.7 Å². The molecule has 2 heterocycles. The number of anilines is 1. The van der Waals surface area contributed by atoms with Gasteiger partial charge in [-0.1, -0.05) is 30.2 Å². The lowest BCUT2D eigenvalue weighted by Gasteiger charge is -2.16. The molecule has 2 aromatic rings. The first kappa shape index (κ1) is 15.8. The van der Waals surface area contributed by atoms with E-state index in [1.165, 1.54) is 6.42 Å². The number of nitrogens with zero attached hydrogens (tertiary/aromatic N) is 3. The summed E-state index contributed by atoms with van der Waals surface area (Å²) in [5.41, 5.74) is 0.582. The number of rotatable bonds is 3. The number of carbonyl (C=O) groups excluding carboxylic acids is 1. The lowest BCUT2D eigenvalue weighted by atomic mass is 10.2. The third-order valence-electron chi connectivity index (χ3n) is 4.00. The number of hydrogen-bond acceptors (Lipinski definition) is 3. The SMILES string of the molecule is C[C@@H](NC(=O)Nc1ccccc1Cl)c1nnc2n1CCCCC2. The van der Waals surface area contributed by atoms with Gasteiger partial charge in [0, 0.05) is 13.0 Å². The molecule has 2 N–H and O–H groups in total. The first-order valence-corrected chi connectivity index (χ1v) is 8.27. The van der Waals surface area contributed by atoms with E-state index in [1.54, 1.807) is 12.1 Å². The van der Waals surface area contributed by atoms with Crippen LogP contribution in [0.2, 0.25) is 5.02 Å². The maximum atomic E-state index is 12.2. The number of amides is 2. The molecule has 2 amide bonds. The van der Waals surface area contributed by atoms with Crippen LogP contribution in [0.5, 0.6) is 0 Å². The normalized spacial score (nSPS) is 15.4. The maximum absolute atomic E-state index is 12.2. The Labute approximate surface area is 140 Å². The smallest absolute Gasteiger partial charge is 0.319 e. The summed E-state index contributed by atoms with van der Waals surface area (Å²) in [4.78, 5) is 12.2. The van der Waals surface area contributed by atoms with Gasteiger partial charge in [0.15, 0.2) is 5.82 Å². The first-order valence-electron chi connectivity index (χ1n) is 7.89. The fraction of sp³-hybridized carbons (Fsp3) is 0.438. The van der Waals surface area contributed by atoms with Crippen LogP contribution in [-0.2, 0) is 13.0 Å². The third kappa shape index (κ3) is 3.64. The molecule has 122 valence electrons. The molecule has 0 bridgehead atoms. The van der Waals surface area contributed by atoms with Crippen LogP contribution in [0.1, 0.15) is 43.9 Å². The summed E-state index contributed by atoms with van der Waals surface area (Å²) < 4.78 is 2.13. The number of para-hydroxylation sites is 1. The van der Waals surface area contributed by atoms with Crippen LogP contribution < -0.4 is 10.6 Å². The quantitative estimate of drug-likeness (QED) is 0.902. The van der Waals surface area contributed by atoms with Crippen molar-refractivity contribution in [1.82, 2.24) is 20.1 Å². The summed E-state index contributed by atoms with van der Waals surface area (Å²) >= 11 is 6.05. The molecule has 1 aromatic carbocycles. The Morgan fingerprint density at radius 1 is 1.26 bits per heavy atom. The van der Waals surface area contributed by atoms with Crippen molar-refractivity contribution in [3.63, 3.8) is 0 Å². The molecule has 0 saturated heterocycles. The number of halogens is 1. The summed E-state index contributed by atoms with van der Waals surface area (Å²) in [5.74, 6) is 1.81. The minimum atomic E-state index is -0.309. The molecule has 6 nitrogen and oxygen atoms in total. The number of hydrogen-bond donors (Lipinski definition) is 2. The second-order valence-corrected chi connectivity index (χ2v) is 6.14. The summed E-state index contributed by atoms with van der Waals surface area (Å²) in [6, 6.07) is 6.60. The van der Waals surface area contributed by atoms with Gasteiger partial charge < -0.3 is 15.2 Å². The Bertz CT molecular complexity index is 700. The van der Waals surface area contributed by atoms with Crippen molar-refractivity contribution in [2.24, 2.45) is 0 Å². The molecule has 0 aliphatic carbocycles. The molecular formula is C16H20ClN5O. The van der Waals surface area contributed by atoms with Gasteiger partial charge in [-0.15, -0.1) is 10.2 Å². The first-order chi connectivity index (χ1) is 11.1. The number of carbonyl (C=O) groups is 1. The molecule has 0 unspecified atom stereocenters. The van der Waals surface area contributed by atoms with Crippen molar-refractivity contribution >= 4 is 23.3 Å². The van der Waals surface area contributed by atoms with E-state index in [0.717, 1.165) is 37.5 Å². The molecule has 1 atom stereocenters. The Morgan fingerprint density at radius 2 is 2.09 bits per heavy atom. The molecule has 23 heavy (non-hydrogen) atoms. The van der Waals surface area contributed by atoms with E-state index in [4.69, 9.17) is 11.6 Å². The lowest BCUT2D eigenvalue weighted by molar-refractivity contribution is 0.248. The van der Waals surface area contributed by atoms with Crippen LogP contribution in [0.3, 0.4) is 0 Å². The molecule has 1 aliphatic heterocycles. The highest BCUT2D eigenvalue weighted by Gasteiger charge is 2.20. The monoisotopic (exact) mass is 333 g/mol. The van der Waals surface area contributed by atoms with E-state index < -0.39 is 0 Å². The zero-order valence-electron chi connectivity index (χ0n) is 13.1. The molecule has 0 radical (unpaired) electrons. The van der Waals surface area contributed by atoms with E-state index >= 15 is 0 Å². The Hall–Kier alpha value is -2.08. The van der Waals surface area contributed by atoms with Crippen molar-refractivity contribution in [2.75, 3.05) is 5.32 Å². The number of aromatic nitrogens is 3. The van der Waals surface area contributed by atoms with Crippen LogP contribution >= 0.6 is 11.6 Å². The number of benzene rings is 1. The highest BCUT2D eigenvalue weighted by molar-refractivity contribution is 6.33. The fourth-order valence-electron chi connectivity index (χ4n) is 2.81. The van der Waals surface area contributed by atoms with Gasteiger partial charge in [0.2, 0.25) is 0 Å². The molecular weight excluding hydrogens is 314 g/mol. The molecule has 0 saturated carbocycles. The zero-order chi connectivity index (χ0) is 16.2. The van der Waals surface area contributed by atoms with Crippen LogP contribution in [0.15, 0.2) is 24.3 Å². The molecule has 1 aliphatic rings. The molecule has 1 aromatic heterocycles. The minimum absolute atomic E-state index is 0.225. The van der Waals surface area contributed by atoms with Crippen LogP contribution in [0.4, 0.5) is 10.5 Å². The predicted octanol–water partition coefficient (Wildman–Crippen LogP) is 3.54. The van der Waals surface area contributed by atoms with Crippen molar-refractivity contribution < 1.29 is 4.79 Å². The second kappa shape index (κ2) is 7.00. The lowest BCUT2D eigenvalue weighted by Crippen LogP contribution is -2.32. The Kier molecular flexibility index (Phi) is 4.81. The van der Waals surface area contributed by atoms with Crippen LogP contribution in [0.25, 0.3) is 0 Å². The van der Waals surface area contributed by atoms with Crippen LogP contribution in [0, 0.1) is 0 Å². The fourth-order valence-corrected chi connectivity index (χ4v) is 2.99. The maximum Gasteiger partial charge on any atom is 0.319 e. The van der Waals surface area contributed by atoms with E-state index in [2.05, 4.69) is 25.4 Å². The number of aryl methyl sites for hydroxylation is 1. The molecule has 7 heteroatoms. The number of urea groups is 1. The van der Waals surface area contributed by atoms with Gasteiger partial charge >= 0.3 is 6.03 Å². The van der Waals surface area contributed by atoms with Gasteiger partial charge in [-0.05, 0) is 31.9 Å². The third-order valence-corrected chi connectivity index (χ3v) is 4.32. The van der Waals surface area contributed by atoms with Crippen molar-refractivity contribution in [2.45, 2.75) is 45.2 Å². The highest BCUT2D eigenvalue weighted by atomic mass is 35.5. The average Bonchev–Trinajstić information content (AvgIpc) is 2.79. The van der Waals surface area contributed by atoms with Gasteiger partial charge in [-0.3, -0.25) is 0 Å². The highest BCUT2D eigenvalue weighted by Crippen LogP contribution is 2.21. The topological polar surface area (TPSA) is 71.8 Å². The van der Waals surface area contributed by atoms with Gasteiger partial charge in [0.05, 0.1) is 16.8 Å². The summed E-state index contributed by atoms with van der Waals surface area (Å²) in [6.07, 6.45) is 4.42. The Balaban J connectivity index is 1.67. The largest absolute Gasteiger partial charge is 0.328 e. The summed E-state index contributed by atoms with van der Waals surface area (Å²) in [5, 5.41) is 14.7. The van der Waals surface area contributed by atoms with Crippen LogP contribution in [-0.4, -0.2) is 20.8 Å². The van der Waals surface area contributed by atoms with Gasteiger partial charge in [-0.25, -0.2) is 4.79 Å². The molecule has 3 rings (SSSR count). The predicted molar refractivity (Wildman–Crippen MR) is 89.6 cm³/mol. The standard InChI is InChI=1S/C16H20ClN5O/c1-11(15-21-20-14-9-3-2-6-10-22(14)15)18-16(23)19-13-8-5-4-7-12(13)17/h4-5,7-8,11H,2-3,6,9-10H2,1H3,(H2,18,19,23)/t11-/m1/s1. The number of fused-ring (bicyclic) bond motifs is 1. The second-order valence-electron chi connectivity index (χ2n) is 5.74. The number of nitrogens with one attached hydrogen (secondary N) is 2. The van der Waals surface area contributed by atoms with Gasteiger partial charge in [0.1, 0.15) is 5.82 Å². The van der Waals surface area contributed by atoms with Crippen molar-refractivity contribution in [3.8, 4) is 0 Å². The summed E-state index contributed by atoms with van der Waals surface area (Å²) in [7, 11) is 0. The van der Waals surface area contributed by atoms with Gasteiger partial charge in [-0.2, -0.15) is 0 Å².